The Kier molecular flexibility index (Phi) is 8.14. The van der Waals surface area contributed by atoms with Crippen molar-refractivity contribution < 1.29 is 9.53 Å². The molecule has 0 saturated carbocycles. The first kappa shape index (κ1) is 23.6. The molecule has 1 heterocycles. The van der Waals surface area contributed by atoms with E-state index in [0.717, 1.165) is 10.5 Å². The molecule has 0 radical (unpaired) electrons. The number of hydrogen-bond donors (Lipinski definition) is 4. The molecule has 0 aliphatic heterocycles. The van der Waals surface area contributed by atoms with Crippen LogP contribution in [0.3, 0.4) is 0 Å². The molecule has 0 bridgehead atoms. The minimum atomic E-state index is -0.426. The molecular formula is C18H20Cl3N5O2. The second kappa shape index (κ2) is 9.66. The summed E-state index contributed by atoms with van der Waals surface area (Å²) < 4.78 is 5.83. The first-order chi connectivity index (χ1) is 12.4. The van der Waals surface area contributed by atoms with Crippen molar-refractivity contribution in [2.24, 2.45) is 11.5 Å². The van der Waals surface area contributed by atoms with E-state index in [2.05, 4.69) is 4.98 Å². The van der Waals surface area contributed by atoms with Gasteiger partial charge < -0.3 is 21.2 Å². The molecule has 0 spiro atoms. The van der Waals surface area contributed by atoms with Crippen LogP contribution in [0.1, 0.15) is 16.1 Å². The Morgan fingerprint density at radius 2 is 1.82 bits per heavy atom. The van der Waals surface area contributed by atoms with E-state index in [0.29, 0.717) is 34.0 Å². The highest BCUT2D eigenvalue weighted by Crippen LogP contribution is 2.32. The van der Waals surface area contributed by atoms with Crippen molar-refractivity contribution in [3.63, 3.8) is 0 Å². The van der Waals surface area contributed by atoms with Gasteiger partial charge >= 0.3 is 0 Å². The van der Waals surface area contributed by atoms with Crippen molar-refractivity contribution in [2.75, 3.05) is 7.05 Å². The third kappa shape index (κ3) is 4.88. The number of carbonyl (C=O) groups is 1. The van der Waals surface area contributed by atoms with E-state index in [4.69, 9.17) is 33.2 Å². The number of halogens is 3. The molecule has 1 amide bonds. The summed E-state index contributed by atoms with van der Waals surface area (Å²) in [5.74, 6) is 0.412. The van der Waals surface area contributed by atoms with E-state index >= 15 is 0 Å². The maximum Gasteiger partial charge on any atom is 0.276 e. The molecule has 3 rings (SSSR count). The lowest BCUT2D eigenvalue weighted by Crippen LogP contribution is -2.38. The van der Waals surface area contributed by atoms with Crippen LogP contribution in [0.15, 0.2) is 42.5 Å². The van der Waals surface area contributed by atoms with Gasteiger partial charge in [0.2, 0.25) is 0 Å². The second-order valence-corrected chi connectivity index (χ2v) is 6.16. The van der Waals surface area contributed by atoms with Crippen LogP contribution in [0, 0.1) is 5.41 Å². The van der Waals surface area contributed by atoms with Gasteiger partial charge in [0, 0.05) is 31.1 Å². The van der Waals surface area contributed by atoms with Gasteiger partial charge in [-0.15, -0.1) is 24.8 Å². The van der Waals surface area contributed by atoms with Gasteiger partial charge in [-0.05, 0) is 23.8 Å². The highest BCUT2D eigenvalue weighted by Gasteiger charge is 2.18. The maximum absolute atomic E-state index is 12.3. The zero-order valence-corrected chi connectivity index (χ0v) is 17.3. The first-order valence-electron chi connectivity index (χ1n) is 7.80. The smallest absolute Gasteiger partial charge is 0.276 e. The van der Waals surface area contributed by atoms with Gasteiger partial charge in [-0.1, -0.05) is 23.7 Å². The Bertz CT molecular complexity index is 989. The van der Waals surface area contributed by atoms with Crippen molar-refractivity contribution >= 4 is 59.2 Å². The monoisotopic (exact) mass is 443 g/mol. The summed E-state index contributed by atoms with van der Waals surface area (Å²) in [4.78, 5) is 16.3. The number of benzene rings is 2. The lowest BCUT2D eigenvalue weighted by molar-refractivity contribution is 0.0864. The zero-order valence-electron chi connectivity index (χ0n) is 14.9. The molecule has 150 valence electrons. The lowest BCUT2D eigenvalue weighted by atomic mass is 10.2. The number of H-pyrrole nitrogens is 1. The van der Waals surface area contributed by atoms with Crippen molar-refractivity contribution in [1.82, 2.24) is 9.88 Å². The predicted octanol–water partition coefficient (Wildman–Crippen LogP) is 3.88. The van der Waals surface area contributed by atoms with Crippen LogP contribution in [-0.2, 0) is 6.54 Å². The van der Waals surface area contributed by atoms with Gasteiger partial charge in [0.15, 0.2) is 5.96 Å². The second-order valence-electron chi connectivity index (χ2n) is 5.75. The van der Waals surface area contributed by atoms with E-state index in [9.17, 15) is 4.79 Å². The average Bonchev–Trinajstić information content (AvgIpc) is 3.05. The molecule has 0 unspecified atom stereocenters. The Morgan fingerprint density at radius 3 is 2.39 bits per heavy atom. The molecule has 28 heavy (non-hydrogen) atoms. The number of amides is 1. The molecule has 2 aromatic carbocycles. The number of carbonyl (C=O) groups excluding carboxylic acids is 1. The molecule has 0 saturated heterocycles. The normalized spacial score (nSPS) is 9.96. The number of guanidine groups is 1. The minimum Gasteiger partial charge on any atom is -0.457 e. The summed E-state index contributed by atoms with van der Waals surface area (Å²) in [6.07, 6.45) is 0. The predicted molar refractivity (Wildman–Crippen MR) is 116 cm³/mol. The first-order valence-corrected chi connectivity index (χ1v) is 8.18. The van der Waals surface area contributed by atoms with Crippen LogP contribution in [0.25, 0.3) is 10.9 Å². The van der Waals surface area contributed by atoms with Crippen LogP contribution in [-0.4, -0.2) is 28.8 Å². The summed E-state index contributed by atoms with van der Waals surface area (Å²) in [5.41, 5.74) is 12.9. The number of hydrogen-bond acceptors (Lipinski definition) is 4. The van der Waals surface area contributed by atoms with Crippen molar-refractivity contribution in [3.05, 3.63) is 58.7 Å². The summed E-state index contributed by atoms with van der Waals surface area (Å²) in [5, 5.41) is 8.48. The number of aromatic amines is 1. The lowest BCUT2D eigenvalue weighted by Gasteiger charge is -2.12. The molecule has 0 aliphatic carbocycles. The average molecular weight is 445 g/mol. The SMILES string of the molecule is CN(C(=N)N)C(=O)c1cc2c(Cl)cc(Oc3ccc(CN)cc3)cc2[nH]1.Cl.Cl. The van der Waals surface area contributed by atoms with E-state index in [-0.39, 0.29) is 36.5 Å². The van der Waals surface area contributed by atoms with Crippen molar-refractivity contribution in [2.45, 2.75) is 6.54 Å². The molecule has 6 N–H and O–H groups in total. The number of ether oxygens (including phenoxy) is 1. The van der Waals surface area contributed by atoms with E-state index in [1.165, 1.54) is 7.05 Å². The topological polar surface area (TPSA) is 121 Å². The largest absolute Gasteiger partial charge is 0.457 e. The molecular weight excluding hydrogens is 425 g/mol. The van der Waals surface area contributed by atoms with Crippen LogP contribution < -0.4 is 16.2 Å². The number of nitrogens with zero attached hydrogens (tertiary/aromatic N) is 1. The van der Waals surface area contributed by atoms with Crippen LogP contribution >= 0.6 is 36.4 Å². The summed E-state index contributed by atoms with van der Waals surface area (Å²) >= 11 is 6.33. The Labute approximate surface area is 179 Å². The van der Waals surface area contributed by atoms with Gasteiger partial charge in [0.25, 0.3) is 5.91 Å². The summed E-state index contributed by atoms with van der Waals surface area (Å²) in [6, 6.07) is 12.5. The molecule has 0 atom stereocenters. The summed E-state index contributed by atoms with van der Waals surface area (Å²) in [7, 11) is 1.43. The molecule has 0 aliphatic rings. The van der Waals surface area contributed by atoms with Gasteiger partial charge in [-0.2, -0.15) is 0 Å². The van der Waals surface area contributed by atoms with Crippen LogP contribution in [0.4, 0.5) is 0 Å². The molecule has 7 nitrogen and oxygen atoms in total. The number of fused-ring (bicyclic) bond motifs is 1. The quantitative estimate of drug-likeness (QED) is 0.360. The number of rotatable bonds is 4. The number of nitrogens with one attached hydrogen (secondary N) is 2. The van der Waals surface area contributed by atoms with Crippen molar-refractivity contribution in [1.29, 1.82) is 5.41 Å². The standard InChI is InChI=1S/C18H18ClN5O2.2ClH/c1-24(18(21)22)17(25)16-8-13-14(19)6-12(7-15(13)23-16)26-11-4-2-10(9-20)3-5-11;;/h2-8,23H,9,20H2,1H3,(H3,21,22);2*1H. The maximum atomic E-state index is 12.3. The number of aromatic nitrogens is 1. The van der Waals surface area contributed by atoms with Gasteiger partial charge in [-0.25, -0.2) is 0 Å². The highest BCUT2D eigenvalue weighted by atomic mass is 35.5. The Hall–Kier alpha value is -2.45. The van der Waals surface area contributed by atoms with Gasteiger partial charge in [0.1, 0.15) is 17.2 Å². The van der Waals surface area contributed by atoms with E-state index in [1.54, 1.807) is 18.2 Å². The van der Waals surface area contributed by atoms with Gasteiger partial charge in [-0.3, -0.25) is 15.1 Å². The van der Waals surface area contributed by atoms with E-state index < -0.39 is 5.91 Å². The molecule has 3 aromatic rings. The summed E-state index contributed by atoms with van der Waals surface area (Å²) in [6.45, 7) is 0.464. The molecule has 10 heteroatoms. The molecule has 0 fully saturated rings. The fourth-order valence-corrected chi connectivity index (χ4v) is 2.73. The van der Waals surface area contributed by atoms with Gasteiger partial charge in [0.05, 0.1) is 10.5 Å². The third-order valence-corrected chi connectivity index (χ3v) is 4.26. The van der Waals surface area contributed by atoms with Crippen LogP contribution in [0.2, 0.25) is 5.02 Å². The Morgan fingerprint density at radius 1 is 1.18 bits per heavy atom. The molecule has 1 aromatic heterocycles. The van der Waals surface area contributed by atoms with Crippen LogP contribution in [0.5, 0.6) is 11.5 Å². The number of nitrogens with two attached hydrogens (primary N) is 2. The third-order valence-electron chi connectivity index (χ3n) is 3.95. The fourth-order valence-electron chi connectivity index (χ4n) is 2.46. The zero-order chi connectivity index (χ0) is 18.8. The van der Waals surface area contributed by atoms with Crippen molar-refractivity contribution in [3.8, 4) is 11.5 Å². The highest BCUT2D eigenvalue weighted by molar-refractivity contribution is 6.35. The van der Waals surface area contributed by atoms with E-state index in [1.807, 2.05) is 24.3 Å². The Balaban J connectivity index is 0.00000196. The minimum absolute atomic E-state index is 0. The fraction of sp³-hybridized carbons (Fsp3) is 0.111.